The van der Waals surface area contributed by atoms with E-state index in [0.29, 0.717) is 11.0 Å². The molecule has 17 heavy (non-hydrogen) atoms. The van der Waals surface area contributed by atoms with E-state index in [4.69, 9.17) is 0 Å². The summed E-state index contributed by atoms with van der Waals surface area (Å²) in [6.45, 7) is 6.09. The summed E-state index contributed by atoms with van der Waals surface area (Å²) in [5, 5.41) is 9.37. The van der Waals surface area contributed by atoms with Gasteiger partial charge in [0.2, 0.25) is 0 Å². The van der Waals surface area contributed by atoms with E-state index >= 15 is 0 Å². The molecule has 0 bridgehead atoms. The number of nitrogens with zero attached hydrogens (tertiary/aromatic N) is 1. The van der Waals surface area contributed by atoms with E-state index in [-0.39, 0.29) is 11.7 Å². The van der Waals surface area contributed by atoms with E-state index < -0.39 is 0 Å². The standard InChI is InChI=1S/C14H19NO2/c1-14(2)6-8-15(9-7-14)13(17)11-4-3-5-12(16)10-11/h3-5,10,16H,6-9H2,1-2H3. The molecule has 0 atom stereocenters. The number of phenolic OH excluding ortho intramolecular Hbond substituents is 1. The predicted octanol–water partition coefficient (Wildman–Crippen LogP) is 2.65. The Morgan fingerprint density at radius 1 is 1.29 bits per heavy atom. The van der Waals surface area contributed by atoms with Crippen LogP contribution in [0.1, 0.15) is 37.0 Å². The number of aromatic hydroxyl groups is 1. The van der Waals surface area contributed by atoms with E-state index in [0.717, 1.165) is 25.9 Å². The number of benzene rings is 1. The van der Waals surface area contributed by atoms with Crippen molar-refractivity contribution >= 4 is 5.91 Å². The third-order valence-electron chi connectivity index (χ3n) is 3.50. The van der Waals surface area contributed by atoms with Crippen LogP contribution in [0.2, 0.25) is 0 Å². The highest BCUT2D eigenvalue weighted by atomic mass is 16.3. The molecule has 0 spiro atoms. The molecule has 1 aromatic carbocycles. The number of carbonyl (C=O) groups excluding carboxylic acids is 1. The summed E-state index contributed by atoms with van der Waals surface area (Å²) in [5.41, 5.74) is 0.917. The first-order chi connectivity index (χ1) is 7.98. The van der Waals surface area contributed by atoms with Crippen LogP contribution in [-0.2, 0) is 0 Å². The van der Waals surface area contributed by atoms with Crippen LogP contribution < -0.4 is 0 Å². The minimum atomic E-state index is 0.0244. The summed E-state index contributed by atoms with van der Waals surface area (Å²) in [4.78, 5) is 14.1. The normalized spacial score (nSPS) is 19.1. The Morgan fingerprint density at radius 3 is 2.53 bits per heavy atom. The number of carbonyl (C=O) groups is 1. The van der Waals surface area contributed by atoms with Crippen molar-refractivity contribution in [2.75, 3.05) is 13.1 Å². The highest BCUT2D eigenvalue weighted by Crippen LogP contribution is 2.30. The molecular weight excluding hydrogens is 214 g/mol. The van der Waals surface area contributed by atoms with E-state index in [1.165, 1.54) is 6.07 Å². The molecule has 0 radical (unpaired) electrons. The van der Waals surface area contributed by atoms with Crippen molar-refractivity contribution in [3.05, 3.63) is 29.8 Å². The first kappa shape index (κ1) is 12.0. The van der Waals surface area contributed by atoms with Gasteiger partial charge in [-0.05, 0) is 36.5 Å². The second-order valence-corrected chi connectivity index (χ2v) is 5.51. The Morgan fingerprint density at radius 2 is 1.94 bits per heavy atom. The second-order valence-electron chi connectivity index (χ2n) is 5.51. The fourth-order valence-electron chi connectivity index (χ4n) is 2.14. The SMILES string of the molecule is CC1(C)CCN(C(=O)c2cccc(O)c2)CC1. The van der Waals surface area contributed by atoms with Gasteiger partial charge >= 0.3 is 0 Å². The van der Waals surface area contributed by atoms with Gasteiger partial charge in [0.25, 0.3) is 5.91 Å². The summed E-state index contributed by atoms with van der Waals surface area (Å²) in [5.74, 6) is 0.171. The topological polar surface area (TPSA) is 40.5 Å². The van der Waals surface area contributed by atoms with Crippen molar-refractivity contribution in [2.45, 2.75) is 26.7 Å². The largest absolute Gasteiger partial charge is 0.508 e. The zero-order valence-electron chi connectivity index (χ0n) is 10.4. The van der Waals surface area contributed by atoms with Crippen LogP contribution in [0.3, 0.4) is 0 Å². The molecule has 3 nitrogen and oxygen atoms in total. The fourth-order valence-corrected chi connectivity index (χ4v) is 2.14. The minimum absolute atomic E-state index is 0.0244. The third-order valence-corrected chi connectivity index (χ3v) is 3.50. The number of likely N-dealkylation sites (tertiary alicyclic amines) is 1. The molecule has 0 aliphatic carbocycles. The fraction of sp³-hybridized carbons (Fsp3) is 0.500. The van der Waals surface area contributed by atoms with Gasteiger partial charge in [-0.15, -0.1) is 0 Å². The maximum Gasteiger partial charge on any atom is 0.253 e. The van der Waals surface area contributed by atoms with Crippen LogP contribution >= 0.6 is 0 Å². The summed E-state index contributed by atoms with van der Waals surface area (Å²) in [6, 6.07) is 6.57. The van der Waals surface area contributed by atoms with Gasteiger partial charge in [0.05, 0.1) is 0 Å². The molecule has 1 heterocycles. The second kappa shape index (κ2) is 4.40. The quantitative estimate of drug-likeness (QED) is 0.810. The smallest absolute Gasteiger partial charge is 0.253 e. The van der Waals surface area contributed by atoms with Crippen LogP contribution in [0.5, 0.6) is 5.75 Å². The Labute approximate surface area is 102 Å². The van der Waals surface area contributed by atoms with Gasteiger partial charge in [-0.1, -0.05) is 19.9 Å². The molecule has 1 amide bonds. The van der Waals surface area contributed by atoms with Gasteiger partial charge in [-0.3, -0.25) is 4.79 Å². The zero-order valence-corrected chi connectivity index (χ0v) is 10.4. The minimum Gasteiger partial charge on any atom is -0.508 e. The number of amides is 1. The summed E-state index contributed by atoms with van der Waals surface area (Å²) >= 11 is 0. The average molecular weight is 233 g/mol. The molecule has 1 aromatic rings. The maximum absolute atomic E-state index is 12.2. The van der Waals surface area contributed by atoms with Gasteiger partial charge in [-0.2, -0.15) is 0 Å². The Bertz CT molecular complexity index is 416. The molecule has 92 valence electrons. The van der Waals surface area contributed by atoms with Crippen molar-refractivity contribution in [1.29, 1.82) is 0 Å². The average Bonchev–Trinajstić information content (AvgIpc) is 2.28. The lowest BCUT2D eigenvalue weighted by Gasteiger charge is -2.36. The molecule has 0 unspecified atom stereocenters. The molecule has 1 aliphatic heterocycles. The first-order valence-corrected chi connectivity index (χ1v) is 6.06. The molecule has 3 heteroatoms. The molecule has 1 aliphatic rings. The van der Waals surface area contributed by atoms with Crippen LogP contribution in [0.15, 0.2) is 24.3 Å². The Kier molecular flexibility index (Phi) is 3.09. The third kappa shape index (κ3) is 2.78. The van der Waals surface area contributed by atoms with Gasteiger partial charge in [0.15, 0.2) is 0 Å². The summed E-state index contributed by atoms with van der Waals surface area (Å²) in [7, 11) is 0. The lowest BCUT2D eigenvalue weighted by Crippen LogP contribution is -2.41. The zero-order chi connectivity index (χ0) is 12.5. The van der Waals surface area contributed by atoms with Gasteiger partial charge in [0.1, 0.15) is 5.75 Å². The summed E-state index contributed by atoms with van der Waals surface area (Å²) in [6.07, 6.45) is 2.08. The first-order valence-electron chi connectivity index (χ1n) is 6.06. The highest BCUT2D eigenvalue weighted by Gasteiger charge is 2.28. The highest BCUT2D eigenvalue weighted by molar-refractivity contribution is 5.94. The monoisotopic (exact) mass is 233 g/mol. The predicted molar refractivity (Wildman–Crippen MR) is 67.0 cm³/mol. The molecular formula is C14H19NO2. The molecule has 1 fully saturated rings. The number of hydrogen-bond acceptors (Lipinski definition) is 2. The van der Waals surface area contributed by atoms with E-state index in [9.17, 15) is 9.90 Å². The van der Waals surface area contributed by atoms with Crippen molar-refractivity contribution in [3.63, 3.8) is 0 Å². The van der Waals surface area contributed by atoms with Gasteiger partial charge in [0, 0.05) is 18.7 Å². The molecule has 1 N–H and O–H groups in total. The molecule has 2 rings (SSSR count). The van der Waals surface area contributed by atoms with E-state index in [1.54, 1.807) is 18.2 Å². The number of piperidine rings is 1. The van der Waals surface area contributed by atoms with E-state index in [2.05, 4.69) is 13.8 Å². The summed E-state index contributed by atoms with van der Waals surface area (Å²) < 4.78 is 0. The van der Waals surface area contributed by atoms with Gasteiger partial charge in [-0.25, -0.2) is 0 Å². The Hall–Kier alpha value is -1.51. The molecule has 0 saturated carbocycles. The molecule has 0 aromatic heterocycles. The van der Waals surface area contributed by atoms with Crippen LogP contribution in [0.25, 0.3) is 0 Å². The number of rotatable bonds is 1. The molecule has 1 saturated heterocycles. The van der Waals surface area contributed by atoms with Crippen LogP contribution in [0.4, 0.5) is 0 Å². The number of hydrogen-bond donors (Lipinski definition) is 1. The van der Waals surface area contributed by atoms with Crippen molar-refractivity contribution < 1.29 is 9.90 Å². The lowest BCUT2D eigenvalue weighted by atomic mass is 9.82. The van der Waals surface area contributed by atoms with Crippen molar-refractivity contribution in [2.24, 2.45) is 5.41 Å². The van der Waals surface area contributed by atoms with Crippen LogP contribution in [0, 0.1) is 5.41 Å². The van der Waals surface area contributed by atoms with Crippen LogP contribution in [-0.4, -0.2) is 29.0 Å². The van der Waals surface area contributed by atoms with Crippen molar-refractivity contribution in [1.82, 2.24) is 4.90 Å². The maximum atomic E-state index is 12.2. The number of phenols is 1. The van der Waals surface area contributed by atoms with E-state index in [1.807, 2.05) is 4.90 Å². The van der Waals surface area contributed by atoms with Gasteiger partial charge < -0.3 is 10.0 Å². The van der Waals surface area contributed by atoms with Crippen molar-refractivity contribution in [3.8, 4) is 5.75 Å². The Balaban J connectivity index is 2.07. The lowest BCUT2D eigenvalue weighted by molar-refractivity contribution is 0.0630.